The zero-order valence-corrected chi connectivity index (χ0v) is 10.2. The molecule has 0 amide bonds. The highest BCUT2D eigenvalue weighted by Gasteiger charge is 2.08. The number of aryl methyl sites for hydroxylation is 1. The summed E-state index contributed by atoms with van der Waals surface area (Å²) in [5, 5.41) is 8.86. The van der Waals surface area contributed by atoms with Gasteiger partial charge in [0.1, 0.15) is 11.5 Å². The van der Waals surface area contributed by atoms with Crippen LogP contribution in [0.5, 0.6) is 11.5 Å². The lowest BCUT2D eigenvalue weighted by molar-refractivity contribution is 0.0690. The molecule has 0 aliphatic rings. The quantitative estimate of drug-likeness (QED) is 0.899. The molecule has 0 aliphatic heterocycles. The number of pyridine rings is 1. The number of nitrogens with zero attached hydrogens (tertiary/aromatic N) is 1. The number of carboxylic acid groups (broad SMARTS) is 1. The van der Waals surface area contributed by atoms with E-state index in [9.17, 15) is 4.79 Å². The molecular weight excluding hydrogens is 230 g/mol. The van der Waals surface area contributed by atoms with Crippen molar-refractivity contribution in [3.05, 3.63) is 53.3 Å². The van der Waals surface area contributed by atoms with E-state index >= 15 is 0 Å². The number of carbonyl (C=O) groups is 1. The van der Waals surface area contributed by atoms with Gasteiger partial charge in [0.25, 0.3) is 0 Å². The Bertz CT molecular complexity index is 593. The van der Waals surface area contributed by atoms with E-state index in [2.05, 4.69) is 4.98 Å². The van der Waals surface area contributed by atoms with Crippen molar-refractivity contribution in [1.82, 2.24) is 4.98 Å². The highest BCUT2D eigenvalue weighted by atomic mass is 16.5. The SMILES string of the molecule is Cc1cccc(Oc2ccnc(C(=O)O)c2)c1C. The Morgan fingerprint density at radius 3 is 2.78 bits per heavy atom. The van der Waals surface area contributed by atoms with E-state index in [1.54, 1.807) is 6.07 Å². The Morgan fingerprint density at radius 2 is 2.06 bits per heavy atom. The summed E-state index contributed by atoms with van der Waals surface area (Å²) in [7, 11) is 0. The van der Waals surface area contributed by atoms with Gasteiger partial charge in [0, 0.05) is 12.3 Å². The lowest BCUT2D eigenvalue weighted by Gasteiger charge is -2.10. The molecule has 1 N–H and O–H groups in total. The third kappa shape index (κ3) is 2.48. The smallest absolute Gasteiger partial charge is 0.354 e. The van der Waals surface area contributed by atoms with Crippen LogP contribution < -0.4 is 4.74 Å². The highest BCUT2D eigenvalue weighted by molar-refractivity contribution is 5.85. The maximum atomic E-state index is 10.8. The Morgan fingerprint density at radius 1 is 1.28 bits per heavy atom. The standard InChI is InChI=1S/C14H13NO3/c1-9-4-3-5-13(10(9)2)18-11-6-7-15-12(8-11)14(16)17/h3-8H,1-2H3,(H,16,17). The molecule has 1 aromatic heterocycles. The minimum absolute atomic E-state index is 0.0298. The molecule has 1 heterocycles. The molecule has 0 atom stereocenters. The normalized spacial score (nSPS) is 10.1. The van der Waals surface area contributed by atoms with Crippen molar-refractivity contribution >= 4 is 5.97 Å². The second kappa shape index (κ2) is 4.87. The molecule has 18 heavy (non-hydrogen) atoms. The molecule has 1 aromatic carbocycles. The first-order chi connectivity index (χ1) is 8.58. The largest absolute Gasteiger partial charge is 0.477 e. The van der Waals surface area contributed by atoms with Crippen LogP contribution in [0.2, 0.25) is 0 Å². The molecule has 4 nitrogen and oxygen atoms in total. The average molecular weight is 243 g/mol. The summed E-state index contributed by atoms with van der Waals surface area (Å²) >= 11 is 0. The van der Waals surface area contributed by atoms with Gasteiger partial charge in [-0.05, 0) is 37.1 Å². The van der Waals surface area contributed by atoms with E-state index in [0.29, 0.717) is 5.75 Å². The van der Waals surface area contributed by atoms with E-state index < -0.39 is 5.97 Å². The van der Waals surface area contributed by atoms with Gasteiger partial charge in [-0.2, -0.15) is 0 Å². The highest BCUT2D eigenvalue weighted by Crippen LogP contribution is 2.26. The van der Waals surface area contributed by atoms with E-state index in [0.717, 1.165) is 16.9 Å². The molecule has 0 aliphatic carbocycles. The molecule has 4 heteroatoms. The Balaban J connectivity index is 2.31. The van der Waals surface area contributed by atoms with Crippen LogP contribution >= 0.6 is 0 Å². The second-order valence-electron chi connectivity index (χ2n) is 3.98. The molecular formula is C14H13NO3. The van der Waals surface area contributed by atoms with Gasteiger partial charge in [-0.3, -0.25) is 0 Å². The maximum absolute atomic E-state index is 10.8. The Hall–Kier alpha value is -2.36. The second-order valence-corrected chi connectivity index (χ2v) is 3.98. The number of hydrogen-bond acceptors (Lipinski definition) is 3. The molecule has 0 saturated heterocycles. The van der Waals surface area contributed by atoms with Crippen molar-refractivity contribution in [3.63, 3.8) is 0 Å². The van der Waals surface area contributed by atoms with Crippen molar-refractivity contribution in [2.24, 2.45) is 0 Å². The van der Waals surface area contributed by atoms with Gasteiger partial charge in [0.2, 0.25) is 0 Å². The van der Waals surface area contributed by atoms with E-state index in [1.165, 1.54) is 12.3 Å². The first-order valence-corrected chi connectivity index (χ1v) is 5.51. The van der Waals surface area contributed by atoms with Crippen LogP contribution in [0.1, 0.15) is 21.6 Å². The van der Waals surface area contributed by atoms with Crippen LogP contribution in [0.4, 0.5) is 0 Å². The van der Waals surface area contributed by atoms with Gasteiger partial charge in [-0.25, -0.2) is 9.78 Å². The number of ether oxygens (including phenoxy) is 1. The zero-order chi connectivity index (χ0) is 13.1. The third-order valence-corrected chi connectivity index (χ3v) is 2.73. The first kappa shape index (κ1) is 12.1. The summed E-state index contributed by atoms with van der Waals surface area (Å²) in [6, 6.07) is 8.79. The predicted octanol–water partition coefficient (Wildman–Crippen LogP) is 3.19. The summed E-state index contributed by atoms with van der Waals surface area (Å²) in [5.41, 5.74) is 2.13. The number of carboxylic acids is 1. The number of benzene rings is 1. The molecule has 2 aromatic rings. The van der Waals surface area contributed by atoms with E-state index in [-0.39, 0.29) is 5.69 Å². The van der Waals surface area contributed by atoms with Crippen LogP contribution in [0, 0.1) is 13.8 Å². The van der Waals surface area contributed by atoms with Crippen LogP contribution in [-0.2, 0) is 0 Å². The van der Waals surface area contributed by atoms with Gasteiger partial charge < -0.3 is 9.84 Å². The fourth-order valence-corrected chi connectivity index (χ4v) is 1.55. The fourth-order valence-electron chi connectivity index (χ4n) is 1.55. The van der Waals surface area contributed by atoms with Gasteiger partial charge in [0.15, 0.2) is 5.69 Å². The number of aromatic carboxylic acids is 1. The van der Waals surface area contributed by atoms with Crippen molar-refractivity contribution in [2.45, 2.75) is 13.8 Å². The first-order valence-electron chi connectivity index (χ1n) is 5.51. The molecule has 0 bridgehead atoms. The van der Waals surface area contributed by atoms with Gasteiger partial charge in [-0.15, -0.1) is 0 Å². The van der Waals surface area contributed by atoms with Crippen molar-refractivity contribution in [1.29, 1.82) is 0 Å². The lowest BCUT2D eigenvalue weighted by Crippen LogP contribution is -2.00. The molecule has 0 fully saturated rings. The maximum Gasteiger partial charge on any atom is 0.354 e. The number of hydrogen-bond donors (Lipinski definition) is 1. The fraction of sp³-hybridized carbons (Fsp3) is 0.143. The number of rotatable bonds is 3. The predicted molar refractivity (Wildman–Crippen MR) is 67.2 cm³/mol. The van der Waals surface area contributed by atoms with Gasteiger partial charge in [0.05, 0.1) is 0 Å². The summed E-state index contributed by atoms with van der Waals surface area (Å²) < 4.78 is 5.68. The minimum Gasteiger partial charge on any atom is -0.477 e. The molecule has 2 rings (SSSR count). The van der Waals surface area contributed by atoms with Crippen LogP contribution in [0.3, 0.4) is 0 Å². The molecule has 92 valence electrons. The monoisotopic (exact) mass is 243 g/mol. The molecule has 0 unspecified atom stereocenters. The van der Waals surface area contributed by atoms with E-state index in [4.69, 9.17) is 9.84 Å². The Labute approximate surface area is 105 Å². The topological polar surface area (TPSA) is 59.4 Å². The third-order valence-electron chi connectivity index (χ3n) is 2.73. The Kier molecular flexibility index (Phi) is 3.28. The lowest BCUT2D eigenvalue weighted by atomic mass is 10.1. The summed E-state index contributed by atoms with van der Waals surface area (Å²) in [4.78, 5) is 14.5. The van der Waals surface area contributed by atoms with E-state index in [1.807, 2.05) is 32.0 Å². The zero-order valence-electron chi connectivity index (χ0n) is 10.2. The van der Waals surface area contributed by atoms with Crippen molar-refractivity contribution < 1.29 is 14.6 Å². The molecule has 0 saturated carbocycles. The van der Waals surface area contributed by atoms with Crippen LogP contribution in [-0.4, -0.2) is 16.1 Å². The van der Waals surface area contributed by atoms with Gasteiger partial charge >= 0.3 is 5.97 Å². The van der Waals surface area contributed by atoms with Crippen molar-refractivity contribution in [2.75, 3.05) is 0 Å². The van der Waals surface area contributed by atoms with Crippen LogP contribution in [0.15, 0.2) is 36.5 Å². The minimum atomic E-state index is -1.07. The van der Waals surface area contributed by atoms with Crippen LogP contribution in [0.25, 0.3) is 0 Å². The summed E-state index contributed by atoms with van der Waals surface area (Å²) in [5.74, 6) is 0.120. The number of aromatic nitrogens is 1. The van der Waals surface area contributed by atoms with Gasteiger partial charge in [-0.1, -0.05) is 12.1 Å². The molecule has 0 spiro atoms. The average Bonchev–Trinajstić information content (AvgIpc) is 2.35. The summed E-state index contributed by atoms with van der Waals surface area (Å²) in [6.07, 6.45) is 1.42. The van der Waals surface area contributed by atoms with Crippen molar-refractivity contribution in [3.8, 4) is 11.5 Å². The summed E-state index contributed by atoms with van der Waals surface area (Å²) in [6.45, 7) is 3.96. The molecule has 0 radical (unpaired) electrons.